The smallest absolute Gasteiger partial charge is 0.0638 e. The van der Waals surface area contributed by atoms with Gasteiger partial charge in [0, 0.05) is 24.7 Å². The molecule has 3 unspecified atom stereocenters. The predicted molar refractivity (Wildman–Crippen MR) is 65.1 cm³/mol. The fraction of sp³-hybridized carbons (Fsp3) is 0.923. The third-order valence-electron chi connectivity index (χ3n) is 4.14. The van der Waals surface area contributed by atoms with Crippen LogP contribution in [0.4, 0.5) is 0 Å². The van der Waals surface area contributed by atoms with Crippen molar-refractivity contribution >= 4 is 0 Å². The largest absolute Gasteiger partial charge is 0.309 e. The normalized spacial score (nSPS) is 32.0. The molecule has 0 radical (unpaired) electrons. The molecule has 2 heterocycles. The average Bonchev–Trinajstić information content (AvgIpc) is 2.72. The van der Waals surface area contributed by atoms with Gasteiger partial charge in [0.2, 0.25) is 0 Å². The van der Waals surface area contributed by atoms with Gasteiger partial charge in [0.25, 0.3) is 0 Å². The van der Waals surface area contributed by atoms with Crippen molar-refractivity contribution in [3.63, 3.8) is 0 Å². The van der Waals surface area contributed by atoms with Crippen molar-refractivity contribution in [1.29, 1.82) is 5.26 Å². The summed E-state index contributed by atoms with van der Waals surface area (Å²) in [7, 11) is 0. The highest BCUT2D eigenvalue weighted by Gasteiger charge is 2.35. The molecular formula is C13H23N3. The summed E-state index contributed by atoms with van der Waals surface area (Å²) in [4.78, 5) is 2.64. The summed E-state index contributed by atoms with van der Waals surface area (Å²) in [5.41, 5.74) is 0. The molecule has 2 saturated heterocycles. The van der Waals surface area contributed by atoms with Crippen LogP contribution in [-0.2, 0) is 0 Å². The Hall–Kier alpha value is -0.590. The summed E-state index contributed by atoms with van der Waals surface area (Å²) in [6, 6.07) is 4.08. The molecule has 2 rings (SSSR count). The second-order valence-electron chi connectivity index (χ2n) is 5.13. The molecule has 3 nitrogen and oxygen atoms in total. The van der Waals surface area contributed by atoms with Gasteiger partial charge in [-0.25, -0.2) is 0 Å². The third kappa shape index (κ3) is 2.56. The maximum atomic E-state index is 8.77. The van der Waals surface area contributed by atoms with Gasteiger partial charge in [-0.1, -0.05) is 13.3 Å². The maximum Gasteiger partial charge on any atom is 0.0638 e. The molecule has 0 aromatic rings. The van der Waals surface area contributed by atoms with E-state index in [-0.39, 0.29) is 0 Å². The minimum absolute atomic E-state index is 0.400. The minimum Gasteiger partial charge on any atom is -0.309 e. The number of nitrogens with one attached hydrogen (secondary N) is 1. The first-order valence-corrected chi connectivity index (χ1v) is 6.72. The van der Waals surface area contributed by atoms with Crippen molar-refractivity contribution < 1.29 is 0 Å². The fourth-order valence-corrected chi connectivity index (χ4v) is 3.18. The number of hydrogen-bond donors (Lipinski definition) is 1. The van der Waals surface area contributed by atoms with Crippen LogP contribution < -0.4 is 5.32 Å². The van der Waals surface area contributed by atoms with Crippen LogP contribution in [0.2, 0.25) is 0 Å². The lowest BCUT2D eigenvalue weighted by molar-refractivity contribution is 0.176. The Morgan fingerprint density at radius 1 is 1.38 bits per heavy atom. The number of nitrogens with zero attached hydrogens (tertiary/aromatic N) is 2. The lowest BCUT2D eigenvalue weighted by Gasteiger charge is -2.34. The van der Waals surface area contributed by atoms with Crippen molar-refractivity contribution in [2.75, 3.05) is 13.1 Å². The molecule has 0 aliphatic carbocycles. The summed E-state index contributed by atoms with van der Waals surface area (Å²) < 4.78 is 0. The van der Waals surface area contributed by atoms with Crippen LogP contribution in [0, 0.1) is 11.3 Å². The van der Waals surface area contributed by atoms with Crippen LogP contribution in [0.1, 0.15) is 45.4 Å². The second-order valence-corrected chi connectivity index (χ2v) is 5.13. The van der Waals surface area contributed by atoms with Gasteiger partial charge in [0.05, 0.1) is 12.5 Å². The second kappa shape index (κ2) is 5.65. The van der Waals surface area contributed by atoms with E-state index < -0.39 is 0 Å². The molecule has 2 aliphatic rings. The van der Waals surface area contributed by atoms with Crippen LogP contribution in [0.3, 0.4) is 0 Å². The van der Waals surface area contributed by atoms with Gasteiger partial charge in [0.1, 0.15) is 0 Å². The molecule has 3 heteroatoms. The molecule has 0 bridgehead atoms. The minimum atomic E-state index is 0.400. The molecule has 0 saturated carbocycles. The van der Waals surface area contributed by atoms with Gasteiger partial charge in [-0.3, -0.25) is 4.90 Å². The third-order valence-corrected chi connectivity index (χ3v) is 4.14. The Balaban J connectivity index is 1.87. The number of hydrogen-bond acceptors (Lipinski definition) is 3. The molecule has 1 N–H and O–H groups in total. The van der Waals surface area contributed by atoms with E-state index >= 15 is 0 Å². The molecule has 3 atom stereocenters. The highest BCUT2D eigenvalue weighted by Crippen LogP contribution is 2.27. The van der Waals surface area contributed by atoms with E-state index in [1.165, 1.54) is 38.8 Å². The summed E-state index contributed by atoms with van der Waals surface area (Å²) in [6.45, 7) is 4.71. The van der Waals surface area contributed by atoms with E-state index in [1.807, 2.05) is 0 Å². The first kappa shape index (κ1) is 11.9. The molecule has 16 heavy (non-hydrogen) atoms. The van der Waals surface area contributed by atoms with Gasteiger partial charge in [-0.2, -0.15) is 5.26 Å². The van der Waals surface area contributed by atoms with Crippen LogP contribution in [0.15, 0.2) is 0 Å². The molecule has 0 spiro atoms. The van der Waals surface area contributed by atoms with E-state index in [9.17, 15) is 0 Å². The first-order valence-electron chi connectivity index (χ1n) is 6.72. The van der Waals surface area contributed by atoms with Gasteiger partial charge in [0.15, 0.2) is 0 Å². The van der Waals surface area contributed by atoms with Crippen molar-refractivity contribution in [2.24, 2.45) is 0 Å². The fourth-order valence-electron chi connectivity index (χ4n) is 3.18. The topological polar surface area (TPSA) is 39.1 Å². The van der Waals surface area contributed by atoms with E-state index in [0.29, 0.717) is 18.5 Å². The molecule has 90 valence electrons. The van der Waals surface area contributed by atoms with Crippen molar-refractivity contribution in [3.05, 3.63) is 0 Å². The number of nitriles is 1. The van der Waals surface area contributed by atoms with Crippen molar-refractivity contribution in [1.82, 2.24) is 10.2 Å². The zero-order valence-electron chi connectivity index (χ0n) is 10.3. The Bertz CT molecular complexity index is 258. The maximum absolute atomic E-state index is 8.77. The van der Waals surface area contributed by atoms with Crippen molar-refractivity contribution in [3.8, 4) is 6.07 Å². The zero-order chi connectivity index (χ0) is 11.4. The lowest BCUT2D eigenvalue weighted by Crippen LogP contribution is -2.48. The zero-order valence-corrected chi connectivity index (χ0v) is 10.3. The van der Waals surface area contributed by atoms with Crippen LogP contribution in [0.25, 0.3) is 0 Å². The highest BCUT2D eigenvalue weighted by molar-refractivity contribution is 4.96. The first-order chi connectivity index (χ1) is 7.85. The Morgan fingerprint density at radius 3 is 3.00 bits per heavy atom. The molecular weight excluding hydrogens is 198 g/mol. The van der Waals surface area contributed by atoms with Gasteiger partial charge >= 0.3 is 0 Å². The molecule has 0 amide bonds. The number of piperidine rings is 1. The van der Waals surface area contributed by atoms with Crippen molar-refractivity contribution in [2.45, 2.75) is 63.6 Å². The van der Waals surface area contributed by atoms with Crippen LogP contribution in [-0.4, -0.2) is 36.1 Å². The summed E-state index contributed by atoms with van der Waals surface area (Å²) >= 11 is 0. The van der Waals surface area contributed by atoms with E-state index in [2.05, 4.69) is 23.2 Å². The molecule has 0 aromatic carbocycles. The Labute approximate surface area is 98.8 Å². The quantitative estimate of drug-likeness (QED) is 0.788. The van der Waals surface area contributed by atoms with E-state index in [1.54, 1.807) is 0 Å². The Morgan fingerprint density at radius 2 is 2.25 bits per heavy atom. The molecule has 2 aliphatic heterocycles. The summed E-state index contributed by atoms with van der Waals surface area (Å²) in [5.74, 6) is 0. The van der Waals surface area contributed by atoms with E-state index in [0.717, 1.165) is 12.5 Å². The molecule has 2 fully saturated rings. The van der Waals surface area contributed by atoms with Crippen LogP contribution in [0.5, 0.6) is 0 Å². The summed E-state index contributed by atoms with van der Waals surface area (Å²) in [5, 5.41) is 12.5. The Kier molecular flexibility index (Phi) is 4.20. The highest BCUT2D eigenvalue weighted by atomic mass is 15.2. The lowest BCUT2D eigenvalue weighted by atomic mass is 9.98. The average molecular weight is 221 g/mol. The van der Waals surface area contributed by atoms with E-state index in [4.69, 9.17) is 5.26 Å². The van der Waals surface area contributed by atoms with Crippen LogP contribution >= 0.6 is 0 Å². The van der Waals surface area contributed by atoms with Gasteiger partial charge in [-0.05, 0) is 32.2 Å². The monoisotopic (exact) mass is 221 g/mol. The number of rotatable bonds is 4. The SMILES string of the molecule is CCC(CC#N)NC1CCN2CCCCC12. The predicted octanol–water partition coefficient (Wildman–Crippen LogP) is 1.90. The van der Waals surface area contributed by atoms with Gasteiger partial charge in [-0.15, -0.1) is 0 Å². The molecule has 0 aromatic heterocycles. The standard InChI is InChI=1S/C13H23N3/c1-2-11(6-8-14)15-12-7-10-16-9-4-3-5-13(12)16/h11-13,15H,2-7,9-10H2,1H3. The van der Waals surface area contributed by atoms with Gasteiger partial charge < -0.3 is 5.32 Å². The summed E-state index contributed by atoms with van der Waals surface area (Å²) in [6.07, 6.45) is 7.09. The number of fused-ring (bicyclic) bond motifs is 1.